The minimum atomic E-state index is -0.776. The van der Waals surface area contributed by atoms with Gasteiger partial charge in [0.05, 0.1) is 19.9 Å². The maximum atomic E-state index is 13.9. The number of nitrogens with one attached hydrogen (secondary N) is 2. The van der Waals surface area contributed by atoms with Gasteiger partial charge in [0.25, 0.3) is 0 Å². The number of nitrogens with zero attached hydrogens (tertiary/aromatic N) is 3. The van der Waals surface area contributed by atoms with Crippen LogP contribution in [0.5, 0.6) is 11.5 Å². The predicted molar refractivity (Wildman–Crippen MR) is 95.2 cm³/mol. The topological polar surface area (TPSA) is 102 Å². The quantitative estimate of drug-likeness (QED) is 0.661. The summed E-state index contributed by atoms with van der Waals surface area (Å²) in [5.41, 5.74) is 0.884. The average molecular weight is 371 g/mol. The van der Waals surface area contributed by atoms with E-state index in [0.717, 1.165) is 5.56 Å². The minimum Gasteiger partial charge on any atom is -0.493 e. The molecule has 0 fully saturated rings. The Kier molecular flexibility index (Phi) is 5.60. The second-order valence-corrected chi connectivity index (χ2v) is 5.69. The Morgan fingerprint density at radius 2 is 1.96 bits per heavy atom. The first-order valence-corrected chi connectivity index (χ1v) is 8.12. The van der Waals surface area contributed by atoms with Crippen molar-refractivity contribution in [3.8, 4) is 11.5 Å². The van der Waals surface area contributed by atoms with E-state index >= 15 is 0 Å². The SMILES string of the molecule is COc1ccc(CC(C(=O)Nc2ccccc2F)c2nn[nH]n2)cc1OC. The van der Waals surface area contributed by atoms with Crippen LogP contribution >= 0.6 is 0 Å². The van der Waals surface area contributed by atoms with Crippen LogP contribution in [0.15, 0.2) is 42.5 Å². The largest absolute Gasteiger partial charge is 0.493 e. The molecule has 0 spiro atoms. The van der Waals surface area contributed by atoms with Gasteiger partial charge in [0, 0.05) is 0 Å². The molecule has 1 heterocycles. The third-order valence-electron chi connectivity index (χ3n) is 4.01. The predicted octanol–water partition coefficient (Wildman–Crippen LogP) is 2.32. The van der Waals surface area contributed by atoms with Gasteiger partial charge in [0.15, 0.2) is 17.3 Å². The molecule has 140 valence electrons. The third-order valence-corrected chi connectivity index (χ3v) is 4.01. The highest BCUT2D eigenvalue weighted by molar-refractivity contribution is 5.95. The zero-order valence-corrected chi connectivity index (χ0v) is 14.8. The summed E-state index contributed by atoms with van der Waals surface area (Å²) in [6.07, 6.45) is 0.264. The molecule has 0 aliphatic heterocycles. The highest BCUT2D eigenvalue weighted by Crippen LogP contribution is 2.30. The van der Waals surface area contributed by atoms with Crippen molar-refractivity contribution in [2.75, 3.05) is 19.5 Å². The molecule has 2 aromatic carbocycles. The summed E-state index contributed by atoms with van der Waals surface area (Å²) in [6.45, 7) is 0. The number of carbonyl (C=O) groups is 1. The molecule has 2 N–H and O–H groups in total. The Bertz CT molecular complexity index is 917. The number of amides is 1. The highest BCUT2D eigenvalue weighted by atomic mass is 19.1. The first-order valence-electron chi connectivity index (χ1n) is 8.12. The number of carbonyl (C=O) groups excluding carboxylic acids is 1. The molecular formula is C18H18FN5O3. The van der Waals surface area contributed by atoms with Crippen LogP contribution in [0, 0.1) is 5.82 Å². The van der Waals surface area contributed by atoms with Gasteiger partial charge in [-0.15, -0.1) is 10.2 Å². The minimum absolute atomic E-state index is 0.0864. The fourth-order valence-electron chi connectivity index (χ4n) is 2.64. The van der Waals surface area contributed by atoms with Crippen LogP contribution in [-0.2, 0) is 11.2 Å². The van der Waals surface area contributed by atoms with E-state index in [9.17, 15) is 9.18 Å². The second kappa shape index (κ2) is 8.26. The molecule has 0 radical (unpaired) electrons. The average Bonchev–Trinajstić information content (AvgIpc) is 3.22. The van der Waals surface area contributed by atoms with Gasteiger partial charge >= 0.3 is 0 Å². The van der Waals surface area contributed by atoms with Crippen LogP contribution in [0.3, 0.4) is 0 Å². The number of methoxy groups -OCH3 is 2. The van der Waals surface area contributed by atoms with Crippen LogP contribution < -0.4 is 14.8 Å². The van der Waals surface area contributed by atoms with Gasteiger partial charge in [-0.25, -0.2) is 4.39 Å². The van der Waals surface area contributed by atoms with Crippen LogP contribution in [0.25, 0.3) is 0 Å². The fraction of sp³-hybridized carbons (Fsp3) is 0.222. The first kappa shape index (κ1) is 18.3. The molecule has 1 amide bonds. The number of hydrogen-bond acceptors (Lipinski definition) is 6. The maximum Gasteiger partial charge on any atom is 0.235 e. The summed E-state index contributed by atoms with van der Waals surface area (Å²) in [7, 11) is 3.07. The van der Waals surface area contributed by atoms with Gasteiger partial charge < -0.3 is 14.8 Å². The van der Waals surface area contributed by atoms with Crippen molar-refractivity contribution in [2.24, 2.45) is 0 Å². The third kappa shape index (κ3) is 4.20. The number of anilines is 1. The lowest BCUT2D eigenvalue weighted by Crippen LogP contribution is -2.24. The lowest BCUT2D eigenvalue weighted by molar-refractivity contribution is -0.117. The van der Waals surface area contributed by atoms with Crippen molar-refractivity contribution in [1.82, 2.24) is 20.6 Å². The number of benzene rings is 2. The maximum absolute atomic E-state index is 13.9. The van der Waals surface area contributed by atoms with Crippen molar-refractivity contribution in [3.05, 3.63) is 59.7 Å². The van der Waals surface area contributed by atoms with Gasteiger partial charge in [-0.2, -0.15) is 5.21 Å². The lowest BCUT2D eigenvalue weighted by Gasteiger charge is -2.15. The molecule has 1 unspecified atom stereocenters. The molecule has 0 saturated carbocycles. The molecule has 27 heavy (non-hydrogen) atoms. The van der Waals surface area contributed by atoms with E-state index in [1.807, 2.05) is 6.07 Å². The molecule has 3 aromatic rings. The molecule has 0 aliphatic carbocycles. The summed E-state index contributed by atoms with van der Waals surface area (Å²) in [5.74, 6) is -0.426. The molecule has 3 rings (SSSR count). The molecule has 1 aromatic heterocycles. The first-order chi connectivity index (χ1) is 13.1. The number of ether oxygens (including phenoxy) is 2. The van der Waals surface area contributed by atoms with Crippen LogP contribution in [0.4, 0.5) is 10.1 Å². The van der Waals surface area contributed by atoms with Crippen LogP contribution in [-0.4, -0.2) is 40.8 Å². The standard InChI is InChI=1S/C18H18FN5O3/c1-26-15-8-7-11(10-16(15)27-2)9-12(17-21-23-24-22-17)18(25)20-14-6-4-3-5-13(14)19/h3-8,10,12H,9H2,1-2H3,(H,20,25)(H,21,22,23,24). The van der Waals surface area contributed by atoms with Gasteiger partial charge in [-0.05, 0) is 36.2 Å². The summed E-state index contributed by atoms with van der Waals surface area (Å²) in [6, 6.07) is 11.3. The van der Waals surface area contributed by atoms with E-state index in [4.69, 9.17) is 9.47 Å². The Morgan fingerprint density at radius 1 is 1.19 bits per heavy atom. The van der Waals surface area contributed by atoms with E-state index < -0.39 is 17.6 Å². The zero-order valence-electron chi connectivity index (χ0n) is 14.8. The Labute approximate surface area is 154 Å². The molecule has 0 saturated heterocycles. The number of aromatic amines is 1. The van der Waals surface area contributed by atoms with E-state index in [1.165, 1.54) is 19.2 Å². The van der Waals surface area contributed by atoms with Gasteiger partial charge in [-0.3, -0.25) is 4.79 Å². The molecule has 8 nitrogen and oxygen atoms in total. The number of H-pyrrole nitrogens is 1. The van der Waals surface area contributed by atoms with Gasteiger partial charge in [0.1, 0.15) is 11.7 Å². The zero-order chi connectivity index (χ0) is 19.2. The molecule has 0 bridgehead atoms. The Balaban J connectivity index is 1.86. The number of tetrazole rings is 1. The number of aromatic nitrogens is 4. The highest BCUT2D eigenvalue weighted by Gasteiger charge is 2.26. The van der Waals surface area contributed by atoms with Crippen molar-refractivity contribution >= 4 is 11.6 Å². The van der Waals surface area contributed by atoms with Crippen LogP contribution in [0.2, 0.25) is 0 Å². The summed E-state index contributed by atoms with van der Waals surface area (Å²) >= 11 is 0. The molecule has 9 heteroatoms. The smallest absolute Gasteiger partial charge is 0.235 e. The van der Waals surface area contributed by atoms with Crippen molar-refractivity contribution in [3.63, 3.8) is 0 Å². The summed E-state index contributed by atoms with van der Waals surface area (Å²) < 4.78 is 24.4. The van der Waals surface area contributed by atoms with Gasteiger partial charge in [-0.1, -0.05) is 23.4 Å². The van der Waals surface area contributed by atoms with Crippen LogP contribution in [0.1, 0.15) is 17.3 Å². The van der Waals surface area contributed by atoms with Crippen molar-refractivity contribution in [2.45, 2.75) is 12.3 Å². The van der Waals surface area contributed by atoms with Crippen molar-refractivity contribution < 1.29 is 18.7 Å². The number of hydrogen-bond donors (Lipinski definition) is 2. The normalized spacial score (nSPS) is 11.7. The number of halogens is 1. The lowest BCUT2D eigenvalue weighted by atomic mass is 9.97. The summed E-state index contributed by atoms with van der Waals surface area (Å²) in [4.78, 5) is 12.8. The monoisotopic (exact) mass is 371 g/mol. The van der Waals surface area contributed by atoms with E-state index in [2.05, 4.69) is 25.9 Å². The second-order valence-electron chi connectivity index (χ2n) is 5.69. The summed E-state index contributed by atoms with van der Waals surface area (Å²) in [5, 5.41) is 16.3. The molecular weight excluding hydrogens is 353 g/mol. The molecule has 0 aliphatic rings. The van der Waals surface area contributed by atoms with Gasteiger partial charge in [0.2, 0.25) is 5.91 Å². The number of para-hydroxylation sites is 1. The Morgan fingerprint density at radius 3 is 2.63 bits per heavy atom. The van der Waals surface area contributed by atoms with Crippen molar-refractivity contribution in [1.29, 1.82) is 0 Å². The Hall–Kier alpha value is -3.49. The number of rotatable bonds is 7. The fourth-order valence-corrected chi connectivity index (χ4v) is 2.64. The van der Waals surface area contributed by atoms with E-state index in [1.54, 1.807) is 31.4 Å². The molecule has 1 atom stereocenters. The van der Waals surface area contributed by atoms with E-state index in [0.29, 0.717) is 11.5 Å². The van der Waals surface area contributed by atoms with E-state index in [-0.39, 0.29) is 17.9 Å².